The van der Waals surface area contributed by atoms with Gasteiger partial charge in [-0.15, -0.1) is 23.2 Å². The van der Waals surface area contributed by atoms with Crippen molar-refractivity contribution in [1.82, 2.24) is 0 Å². The molecular weight excluding hydrogens is 1630 g/mol. The molecule has 0 fully saturated rings. The molecule has 0 aliphatic carbocycles. The molecule has 0 heterocycles. The average molecular weight is 1740 g/mol. The average Bonchev–Trinajstić information content (AvgIpc) is 0.764. The summed E-state index contributed by atoms with van der Waals surface area (Å²) in [5.74, 6) is 5.40. The zero-order chi connectivity index (χ0) is 81.8. The summed E-state index contributed by atoms with van der Waals surface area (Å²) in [5, 5.41) is 9.27. The van der Waals surface area contributed by atoms with E-state index >= 15 is 0 Å². The van der Waals surface area contributed by atoms with Gasteiger partial charge in [0.25, 0.3) is 0 Å². The van der Waals surface area contributed by atoms with Crippen LogP contribution in [0.2, 0.25) is 0 Å². The molecule has 12 aromatic rings. The molecule has 0 N–H and O–H groups in total. The van der Waals surface area contributed by atoms with Gasteiger partial charge in [-0.2, -0.15) is 0 Å². The number of hydrazine groups is 2. The van der Waals surface area contributed by atoms with Crippen molar-refractivity contribution in [2.45, 2.75) is 166 Å². The molecule has 0 spiro atoms. The van der Waals surface area contributed by atoms with Crippen LogP contribution in [0.5, 0.6) is 0 Å². The zero-order valence-electron chi connectivity index (χ0n) is 68.8. The van der Waals surface area contributed by atoms with Crippen molar-refractivity contribution < 1.29 is 10.9 Å². The van der Waals surface area contributed by atoms with Gasteiger partial charge in [-0.05, 0) is 140 Å². The Balaban J connectivity index is 0.000000267. The molecule has 0 amide bonds. The summed E-state index contributed by atoms with van der Waals surface area (Å²) in [5.41, 5.74) is 21.6. The molecule has 0 radical (unpaired) electrons. The van der Waals surface area contributed by atoms with Crippen molar-refractivity contribution in [3.63, 3.8) is 0 Å². The number of anilines is 4. The summed E-state index contributed by atoms with van der Waals surface area (Å²) in [6.07, 6.45) is 0. The zero-order valence-corrected chi connectivity index (χ0v) is 74.4. The van der Waals surface area contributed by atoms with E-state index in [0.29, 0.717) is 0 Å². The van der Waals surface area contributed by atoms with Crippen LogP contribution in [0.15, 0.2) is 335 Å². The molecule has 12 aromatic carbocycles. The fourth-order valence-electron chi connectivity index (χ4n) is 13.9. The summed E-state index contributed by atoms with van der Waals surface area (Å²) >= 11 is 15.5. The number of benzene rings is 12. The summed E-state index contributed by atoms with van der Waals surface area (Å²) in [7, 11) is 1.25. The van der Waals surface area contributed by atoms with E-state index in [1.165, 1.54) is 55.4 Å². The van der Waals surface area contributed by atoms with Gasteiger partial charge in [0, 0.05) is 22.3 Å². The van der Waals surface area contributed by atoms with E-state index in [4.69, 9.17) is 43.2 Å². The molecule has 0 saturated heterocycles. The van der Waals surface area contributed by atoms with Crippen LogP contribution in [-0.4, -0.2) is 28.7 Å². The number of hydrogen-bond acceptors (Lipinski definition) is 4. The minimum absolute atomic E-state index is 0. The van der Waals surface area contributed by atoms with Gasteiger partial charge in [-0.25, -0.2) is 40.0 Å². The number of aliphatic imine (C=N–C) groups is 4. The SMILES string of the molecule is C.CC(C)c1cccc(C(C)C)c1N=C(c1ccccc1)N(c1ccccc1)N(C(=Nc1c(C(C)C)cccc1C(C)C)c1ccccc1)c1ccccc1.CC(C)c1cccc(C(C)C)c1N=C(c1ccccc1)N(c1ccccc1)N(C(=Nc1c(C(C)C)cccc1C(C)C)c1ccccc1)c1ccccc1.ClCCl.[Br][Ni][Br]. The van der Waals surface area contributed by atoms with Crippen molar-refractivity contribution in [2.24, 2.45) is 20.0 Å². The topological polar surface area (TPSA) is 62.4 Å². The third kappa shape index (κ3) is 23.9. The molecule has 0 unspecified atom stereocenters. The van der Waals surface area contributed by atoms with Crippen LogP contribution in [0.25, 0.3) is 0 Å². The van der Waals surface area contributed by atoms with Crippen molar-refractivity contribution in [1.29, 1.82) is 0 Å². The molecular formula is C102H114Br2Cl2N8Ni. The van der Waals surface area contributed by atoms with Crippen molar-refractivity contribution in [3.05, 3.63) is 382 Å². The van der Waals surface area contributed by atoms with Gasteiger partial charge < -0.3 is 0 Å². The second kappa shape index (κ2) is 45.7. The van der Waals surface area contributed by atoms with Crippen LogP contribution in [0.4, 0.5) is 45.5 Å². The molecule has 12 rings (SSSR count). The summed E-state index contributed by atoms with van der Waals surface area (Å²) in [6, 6.07) is 111. The Hall–Kier alpha value is -9.45. The Morgan fingerprint density at radius 2 is 0.357 bits per heavy atom. The molecule has 0 saturated carbocycles. The molecule has 0 atom stereocenters. The Bertz CT molecular complexity index is 4300. The summed E-state index contributed by atoms with van der Waals surface area (Å²) in [4.78, 5) is 23.3. The maximum atomic E-state index is 5.81. The van der Waals surface area contributed by atoms with Crippen LogP contribution < -0.4 is 20.0 Å². The van der Waals surface area contributed by atoms with Crippen LogP contribution in [0, 0.1) is 0 Å². The second-order valence-electron chi connectivity index (χ2n) is 30.3. The van der Waals surface area contributed by atoms with Gasteiger partial charge in [-0.3, -0.25) is 0 Å². The Morgan fingerprint density at radius 1 is 0.235 bits per heavy atom. The van der Waals surface area contributed by atoms with Gasteiger partial charge in [0.2, 0.25) is 0 Å². The predicted molar refractivity (Wildman–Crippen MR) is 506 cm³/mol. The van der Waals surface area contributed by atoms with E-state index in [2.05, 4.69) is 475 Å². The van der Waals surface area contributed by atoms with Crippen LogP contribution in [0.1, 0.15) is 232 Å². The Labute approximate surface area is 718 Å². The second-order valence-corrected chi connectivity index (χ2v) is 36.1. The number of alkyl halides is 2. The van der Waals surface area contributed by atoms with Gasteiger partial charge >= 0.3 is 39.3 Å². The number of hydrogen-bond donors (Lipinski definition) is 0. The molecule has 115 heavy (non-hydrogen) atoms. The fourth-order valence-corrected chi connectivity index (χ4v) is 13.9. The number of halogens is 4. The van der Waals surface area contributed by atoms with E-state index in [1.807, 2.05) is 0 Å². The quantitative estimate of drug-likeness (QED) is 0.0251. The molecule has 8 nitrogen and oxygen atoms in total. The van der Waals surface area contributed by atoms with Crippen molar-refractivity contribution in [2.75, 3.05) is 25.4 Å². The van der Waals surface area contributed by atoms with Gasteiger partial charge in [0.05, 0.1) is 50.8 Å². The molecule has 600 valence electrons. The van der Waals surface area contributed by atoms with E-state index in [-0.39, 0.29) is 60.1 Å². The van der Waals surface area contributed by atoms with E-state index in [9.17, 15) is 0 Å². The Morgan fingerprint density at radius 3 is 0.478 bits per heavy atom. The van der Waals surface area contributed by atoms with E-state index < -0.39 is 0 Å². The van der Waals surface area contributed by atoms with Crippen LogP contribution in [0.3, 0.4) is 0 Å². The first-order valence-corrected chi connectivity index (χ1v) is 45.5. The van der Waals surface area contributed by atoms with E-state index in [1.54, 1.807) is 0 Å². The van der Waals surface area contributed by atoms with Crippen LogP contribution in [-0.2, 0) is 10.9 Å². The number of nitrogens with zero attached hydrogens (tertiary/aromatic N) is 8. The first-order valence-electron chi connectivity index (χ1n) is 39.6. The third-order valence-electron chi connectivity index (χ3n) is 19.6. The maximum absolute atomic E-state index is 5.81. The Kier molecular flexibility index (Phi) is 36.2. The molecule has 0 bridgehead atoms. The molecule has 0 aliphatic heterocycles. The third-order valence-corrected chi connectivity index (χ3v) is 19.6. The fraction of sp³-hybridized carbons (Fsp3) is 0.255. The number of rotatable bonds is 20. The van der Waals surface area contributed by atoms with Crippen molar-refractivity contribution in [3.8, 4) is 0 Å². The number of para-hydroxylation sites is 8. The normalized spacial score (nSPS) is 11.8. The van der Waals surface area contributed by atoms with Gasteiger partial charge in [0.15, 0.2) is 23.3 Å². The molecule has 13 heteroatoms. The standard InChI is InChI=1S/2C50H54N4.CH2Cl2.CH4.2BrH.Ni/c2*1-35(2)43-31-21-32-44(36(3)4)47(43)51-49(39-23-13-9-14-24-39)53(41-27-17-11-18-28-41)54(42-29-19-12-20-30-42)50(40-25-15-10-16-26-40)52-48-45(37(5)6)33-22-34-46(48)38(7)8;2-1-3;;;;/h2*9-38H,1-8H3;1H2;1H4;2*1H;/q;;;;;;+2/p-2. The minimum atomic E-state index is 0. The molecule has 0 aromatic heterocycles. The van der Waals surface area contributed by atoms with Gasteiger partial charge in [-0.1, -0.05) is 385 Å². The molecule has 0 aliphatic rings. The first-order chi connectivity index (χ1) is 55.1. The monoisotopic (exact) mass is 1740 g/mol. The van der Waals surface area contributed by atoms with Gasteiger partial charge in [0.1, 0.15) is 0 Å². The summed E-state index contributed by atoms with van der Waals surface area (Å²) in [6.45, 7) is 36.1. The number of amidine groups is 4. The predicted octanol–water partition coefficient (Wildman–Crippen LogP) is 31.7. The van der Waals surface area contributed by atoms with E-state index in [0.717, 1.165) is 91.1 Å². The van der Waals surface area contributed by atoms with Crippen LogP contribution >= 0.6 is 51.7 Å². The first kappa shape index (κ1) is 91.1. The summed E-state index contributed by atoms with van der Waals surface area (Å²) < 4.78 is 0. The van der Waals surface area contributed by atoms with Crippen molar-refractivity contribution >= 4 is 120 Å².